The third-order valence-electron chi connectivity index (χ3n) is 8.94. The van der Waals surface area contributed by atoms with Crippen molar-refractivity contribution in [1.82, 2.24) is 9.13 Å². The molecule has 0 spiro atoms. The van der Waals surface area contributed by atoms with E-state index in [2.05, 4.69) is 0 Å². The highest BCUT2D eigenvalue weighted by Gasteiger charge is 2.52. The Morgan fingerprint density at radius 2 is 1.68 bits per heavy atom. The first-order valence-corrected chi connectivity index (χ1v) is 13.8. The zero-order valence-corrected chi connectivity index (χ0v) is 22.8. The maximum atomic E-state index is 13.2. The number of aryl methyl sites for hydroxylation is 1. The summed E-state index contributed by atoms with van der Waals surface area (Å²) in [5, 5.41) is 9.94. The third kappa shape index (κ3) is 5.21. The molecule has 10 heteroatoms. The van der Waals surface area contributed by atoms with Gasteiger partial charge in [0.15, 0.2) is 6.73 Å². The predicted molar refractivity (Wildman–Crippen MR) is 136 cm³/mol. The second-order valence-corrected chi connectivity index (χ2v) is 13.2. The molecule has 3 atom stereocenters. The largest absolute Gasteiger partial charge is 0.459 e. The summed E-state index contributed by atoms with van der Waals surface area (Å²) >= 11 is 0. The lowest BCUT2D eigenvalue weighted by Gasteiger charge is -2.56. The van der Waals surface area contributed by atoms with Crippen LogP contribution in [0.1, 0.15) is 83.9 Å². The Labute approximate surface area is 222 Å². The van der Waals surface area contributed by atoms with Crippen LogP contribution < -0.4 is 11.2 Å². The first-order valence-electron chi connectivity index (χ1n) is 13.8. The topological polar surface area (TPSA) is 126 Å². The van der Waals surface area contributed by atoms with E-state index in [0.29, 0.717) is 6.42 Å². The molecule has 1 N–H and O–H groups in total. The highest BCUT2D eigenvalue weighted by molar-refractivity contribution is 5.75. The molecule has 0 unspecified atom stereocenters. The summed E-state index contributed by atoms with van der Waals surface area (Å²) in [7, 11) is 0. The molecule has 210 valence electrons. The van der Waals surface area contributed by atoms with Crippen molar-refractivity contribution in [3.05, 3.63) is 32.6 Å². The van der Waals surface area contributed by atoms with Gasteiger partial charge in [-0.15, -0.1) is 0 Å². The Hall–Kier alpha value is -2.46. The van der Waals surface area contributed by atoms with Crippen molar-refractivity contribution >= 4 is 11.9 Å². The zero-order valence-electron chi connectivity index (χ0n) is 22.8. The first-order chi connectivity index (χ1) is 17.9. The fourth-order valence-electron chi connectivity index (χ4n) is 7.60. The number of carbonyl (C=O) groups excluding carboxylic acids is 2. The lowest BCUT2D eigenvalue weighted by Crippen LogP contribution is -2.47. The number of aliphatic hydroxyl groups is 1. The van der Waals surface area contributed by atoms with Crippen LogP contribution in [0.5, 0.6) is 0 Å². The summed E-state index contributed by atoms with van der Waals surface area (Å²) in [5.41, 5.74) is -1.76. The third-order valence-corrected chi connectivity index (χ3v) is 8.94. The standard InChI is InChI=1S/C28H40N2O8/c1-16-13-29(26(35)30(24(16)33)15-36-25(34)27(2,3)4)22-8-20(21(14-31)37-22)38-23(32)12-28-9-17-5-18(10-28)7-19(6-17)11-28/h13,17-22,31H,5-12,14-15H2,1-4H3/t17?,18?,19?,20-,21+,22+,28?/m0/s1. The van der Waals surface area contributed by atoms with E-state index >= 15 is 0 Å². The first kappa shape index (κ1) is 27.1. The summed E-state index contributed by atoms with van der Waals surface area (Å²) in [4.78, 5) is 51.2. The van der Waals surface area contributed by atoms with E-state index in [1.165, 1.54) is 30.0 Å². The van der Waals surface area contributed by atoms with Gasteiger partial charge >= 0.3 is 17.6 Å². The van der Waals surface area contributed by atoms with Gasteiger partial charge in [-0.3, -0.25) is 19.0 Å². The van der Waals surface area contributed by atoms with Gasteiger partial charge in [-0.05, 0) is 89.4 Å². The molecular weight excluding hydrogens is 492 g/mol. The zero-order chi connectivity index (χ0) is 27.4. The van der Waals surface area contributed by atoms with Crippen molar-refractivity contribution in [1.29, 1.82) is 0 Å². The SMILES string of the molecule is Cc1cn([C@H]2C[C@H](OC(=O)CC34CC5CC(CC(C5)C3)C4)[C@@H](CO)O2)c(=O)n(COC(=O)C(C)(C)C)c1=O. The Bertz CT molecular complexity index is 1170. The van der Waals surface area contributed by atoms with Crippen molar-refractivity contribution in [2.75, 3.05) is 6.61 Å². The van der Waals surface area contributed by atoms with Crippen molar-refractivity contribution in [3.8, 4) is 0 Å². The second-order valence-electron chi connectivity index (χ2n) is 13.2. The number of nitrogens with zero attached hydrogens (tertiary/aromatic N) is 2. The van der Waals surface area contributed by atoms with Crippen LogP contribution in [-0.4, -0.2) is 45.0 Å². The van der Waals surface area contributed by atoms with Gasteiger partial charge in [0.2, 0.25) is 0 Å². The monoisotopic (exact) mass is 532 g/mol. The van der Waals surface area contributed by atoms with E-state index in [0.717, 1.165) is 41.6 Å². The number of aliphatic hydroxyl groups excluding tert-OH is 1. The van der Waals surface area contributed by atoms with Crippen molar-refractivity contribution in [3.63, 3.8) is 0 Å². The summed E-state index contributed by atoms with van der Waals surface area (Å²) in [6.07, 6.45) is 6.78. The van der Waals surface area contributed by atoms with E-state index in [1.807, 2.05) is 0 Å². The normalized spacial score (nSPS) is 33.9. The smallest absolute Gasteiger partial charge is 0.335 e. The van der Waals surface area contributed by atoms with Gasteiger partial charge in [0, 0.05) is 18.2 Å². The molecule has 1 saturated heterocycles. The van der Waals surface area contributed by atoms with Gasteiger partial charge in [0.05, 0.1) is 18.4 Å². The van der Waals surface area contributed by atoms with Gasteiger partial charge in [-0.25, -0.2) is 9.36 Å². The van der Waals surface area contributed by atoms with Crippen LogP contribution in [0.25, 0.3) is 0 Å². The number of ether oxygens (including phenoxy) is 3. The van der Waals surface area contributed by atoms with Gasteiger partial charge in [-0.1, -0.05) is 0 Å². The van der Waals surface area contributed by atoms with Gasteiger partial charge in [-0.2, -0.15) is 0 Å². The highest BCUT2D eigenvalue weighted by Crippen LogP contribution is 2.61. The molecule has 10 nitrogen and oxygen atoms in total. The number of hydrogen-bond acceptors (Lipinski definition) is 8. The average Bonchev–Trinajstić information content (AvgIpc) is 3.21. The van der Waals surface area contributed by atoms with Gasteiger partial charge in [0.25, 0.3) is 5.56 Å². The Balaban J connectivity index is 1.28. The minimum Gasteiger partial charge on any atom is -0.459 e. The van der Waals surface area contributed by atoms with E-state index in [4.69, 9.17) is 14.2 Å². The minimum absolute atomic E-state index is 0.0352. The van der Waals surface area contributed by atoms with Crippen LogP contribution >= 0.6 is 0 Å². The number of carbonyl (C=O) groups is 2. The van der Waals surface area contributed by atoms with Crippen LogP contribution in [0.4, 0.5) is 0 Å². The molecule has 1 aromatic rings. The second kappa shape index (κ2) is 9.93. The average molecular weight is 533 g/mol. The molecule has 0 aromatic carbocycles. The summed E-state index contributed by atoms with van der Waals surface area (Å²) in [6, 6.07) is 0. The molecule has 0 amide bonds. The molecular formula is C28H40N2O8. The van der Waals surface area contributed by atoms with Crippen LogP contribution in [0, 0.1) is 35.5 Å². The highest BCUT2D eigenvalue weighted by atomic mass is 16.6. The molecule has 0 radical (unpaired) electrons. The van der Waals surface area contributed by atoms with Crippen LogP contribution in [-0.2, 0) is 30.5 Å². The number of rotatable bonds is 7. The lowest BCUT2D eigenvalue weighted by atomic mass is 9.49. The number of aromatic nitrogens is 2. The molecule has 1 aromatic heterocycles. The fourth-order valence-corrected chi connectivity index (χ4v) is 7.60. The Morgan fingerprint density at radius 3 is 2.24 bits per heavy atom. The van der Waals surface area contributed by atoms with Gasteiger partial charge in [0.1, 0.15) is 18.4 Å². The lowest BCUT2D eigenvalue weighted by molar-refractivity contribution is -0.161. The van der Waals surface area contributed by atoms with Gasteiger partial charge < -0.3 is 19.3 Å². The van der Waals surface area contributed by atoms with Crippen LogP contribution in [0.2, 0.25) is 0 Å². The molecule has 38 heavy (non-hydrogen) atoms. The fraction of sp³-hybridized carbons (Fsp3) is 0.786. The minimum atomic E-state index is -0.846. The van der Waals surface area contributed by atoms with E-state index in [1.54, 1.807) is 27.7 Å². The molecule has 6 rings (SSSR count). The van der Waals surface area contributed by atoms with Crippen LogP contribution in [0.15, 0.2) is 15.8 Å². The maximum Gasteiger partial charge on any atom is 0.335 e. The number of hydrogen-bond donors (Lipinski definition) is 1. The van der Waals surface area contributed by atoms with Crippen molar-refractivity contribution in [2.24, 2.45) is 28.6 Å². The van der Waals surface area contributed by atoms with E-state index in [-0.39, 0.29) is 30.0 Å². The van der Waals surface area contributed by atoms with Crippen LogP contribution in [0.3, 0.4) is 0 Å². The maximum absolute atomic E-state index is 13.2. The molecule has 1 aliphatic heterocycles. The summed E-state index contributed by atoms with van der Waals surface area (Å²) < 4.78 is 19.1. The molecule has 5 fully saturated rings. The Morgan fingerprint density at radius 1 is 1.08 bits per heavy atom. The summed E-state index contributed by atoms with van der Waals surface area (Å²) in [5.74, 6) is 1.37. The van der Waals surface area contributed by atoms with E-state index in [9.17, 15) is 24.3 Å². The molecule has 4 bridgehead atoms. The quantitative estimate of drug-likeness (QED) is 0.531. The van der Waals surface area contributed by atoms with E-state index < -0.39 is 47.8 Å². The van der Waals surface area contributed by atoms with Crippen molar-refractivity contribution < 1.29 is 28.9 Å². The Kier molecular flexibility index (Phi) is 7.09. The number of esters is 2. The summed E-state index contributed by atoms with van der Waals surface area (Å²) in [6.45, 7) is 5.70. The predicted octanol–water partition coefficient (Wildman–Crippen LogP) is 2.66. The molecule has 5 aliphatic rings. The molecule has 4 aliphatic carbocycles. The molecule has 4 saturated carbocycles. The molecule has 2 heterocycles. The van der Waals surface area contributed by atoms with Crippen molar-refractivity contribution in [2.45, 2.75) is 104 Å².